The summed E-state index contributed by atoms with van der Waals surface area (Å²) >= 11 is 0. The number of hydrogen-bond donors (Lipinski definition) is 1. The Balaban J connectivity index is 1.86. The maximum atomic E-state index is 13.1. The van der Waals surface area contributed by atoms with E-state index < -0.39 is 17.2 Å². The lowest BCUT2D eigenvalue weighted by molar-refractivity contribution is 0.0794. The molecule has 32 heavy (non-hydrogen) atoms. The molecule has 0 fully saturated rings. The van der Waals surface area contributed by atoms with Gasteiger partial charge in [-0.1, -0.05) is 43.7 Å². The summed E-state index contributed by atoms with van der Waals surface area (Å²) in [4.78, 5) is 40.4. The van der Waals surface area contributed by atoms with Gasteiger partial charge < -0.3 is 19.2 Å². The Labute approximate surface area is 187 Å². The van der Waals surface area contributed by atoms with E-state index in [4.69, 9.17) is 4.42 Å². The van der Waals surface area contributed by atoms with Crippen LogP contribution in [0.2, 0.25) is 0 Å². The van der Waals surface area contributed by atoms with E-state index in [9.17, 15) is 14.4 Å². The van der Waals surface area contributed by atoms with E-state index in [1.165, 1.54) is 17.3 Å². The van der Waals surface area contributed by atoms with Crippen LogP contribution in [-0.4, -0.2) is 41.4 Å². The SMILES string of the molecule is CCCCNC(=O)c1cn(Cc2ccco2)cc(C(=O)N(C)CCc2ccccc2)c1=O. The highest BCUT2D eigenvalue weighted by atomic mass is 16.3. The van der Waals surface area contributed by atoms with Crippen LogP contribution in [0.5, 0.6) is 0 Å². The van der Waals surface area contributed by atoms with Gasteiger partial charge in [-0.05, 0) is 30.5 Å². The number of amides is 2. The van der Waals surface area contributed by atoms with Crippen molar-refractivity contribution in [2.24, 2.45) is 0 Å². The molecule has 0 spiro atoms. The fraction of sp³-hybridized carbons (Fsp3) is 0.320. The van der Waals surface area contributed by atoms with E-state index in [-0.39, 0.29) is 11.1 Å². The molecule has 0 atom stereocenters. The number of aromatic nitrogens is 1. The normalized spacial score (nSPS) is 10.7. The predicted molar refractivity (Wildman–Crippen MR) is 123 cm³/mol. The number of carbonyl (C=O) groups is 2. The van der Waals surface area contributed by atoms with Crippen molar-refractivity contribution in [3.8, 4) is 0 Å². The van der Waals surface area contributed by atoms with E-state index >= 15 is 0 Å². The summed E-state index contributed by atoms with van der Waals surface area (Å²) in [7, 11) is 1.66. The maximum Gasteiger partial charge on any atom is 0.259 e. The van der Waals surface area contributed by atoms with Crippen LogP contribution in [-0.2, 0) is 13.0 Å². The number of hydrogen-bond acceptors (Lipinski definition) is 4. The van der Waals surface area contributed by atoms with Crippen LogP contribution in [0, 0.1) is 0 Å². The van der Waals surface area contributed by atoms with Crippen molar-refractivity contribution in [2.75, 3.05) is 20.1 Å². The average Bonchev–Trinajstić information content (AvgIpc) is 3.31. The number of nitrogens with one attached hydrogen (secondary N) is 1. The van der Waals surface area contributed by atoms with Gasteiger partial charge in [0.2, 0.25) is 5.43 Å². The van der Waals surface area contributed by atoms with Crippen molar-refractivity contribution in [1.82, 2.24) is 14.8 Å². The first-order valence-electron chi connectivity index (χ1n) is 10.8. The Kier molecular flexibility index (Phi) is 8.02. The highest BCUT2D eigenvalue weighted by Gasteiger charge is 2.22. The molecule has 0 saturated carbocycles. The molecule has 7 heteroatoms. The van der Waals surface area contributed by atoms with Crippen LogP contribution >= 0.6 is 0 Å². The average molecular weight is 436 g/mol. The monoisotopic (exact) mass is 435 g/mol. The van der Waals surface area contributed by atoms with Crippen LogP contribution in [0.3, 0.4) is 0 Å². The molecular formula is C25H29N3O4. The molecule has 0 bridgehead atoms. The second kappa shape index (κ2) is 11.1. The fourth-order valence-electron chi connectivity index (χ4n) is 3.34. The molecule has 0 radical (unpaired) electrons. The standard InChI is InChI=1S/C25H29N3O4/c1-3-4-13-26-24(30)21-17-28(16-20-11-8-15-32-20)18-22(23(21)29)25(31)27(2)14-12-19-9-6-5-7-10-19/h5-11,15,17-18H,3-4,12-14,16H2,1-2H3,(H,26,30). The highest BCUT2D eigenvalue weighted by Crippen LogP contribution is 2.09. The fourth-order valence-corrected chi connectivity index (χ4v) is 3.34. The summed E-state index contributed by atoms with van der Waals surface area (Å²) in [5, 5.41) is 2.77. The van der Waals surface area contributed by atoms with Gasteiger partial charge in [0.25, 0.3) is 11.8 Å². The molecular weight excluding hydrogens is 406 g/mol. The zero-order valence-electron chi connectivity index (χ0n) is 18.5. The van der Waals surface area contributed by atoms with Gasteiger partial charge in [-0.25, -0.2) is 0 Å². The van der Waals surface area contributed by atoms with Crippen molar-refractivity contribution in [2.45, 2.75) is 32.7 Å². The second-order valence-electron chi connectivity index (χ2n) is 7.74. The van der Waals surface area contributed by atoms with Crippen molar-refractivity contribution in [1.29, 1.82) is 0 Å². The van der Waals surface area contributed by atoms with Crippen LogP contribution in [0.25, 0.3) is 0 Å². The summed E-state index contributed by atoms with van der Waals surface area (Å²) in [5.74, 6) is -0.234. The summed E-state index contributed by atoms with van der Waals surface area (Å²) in [5.41, 5.74) is 0.461. The summed E-state index contributed by atoms with van der Waals surface area (Å²) in [6.07, 6.45) is 6.93. The molecule has 0 unspecified atom stereocenters. The highest BCUT2D eigenvalue weighted by molar-refractivity contribution is 5.99. The van der Waals surface area contributed by atoms with Gasteiger partial charge in [0.1, 0.15) is 16.9 Å². The molecule has 1 N–H and O–H groups in total. The molecule has 168 valence electrons. The zero-order chi connectivity index (χ0) is 22.9. The van der Waals surface area contributed by atoms with Crippen molar-refractivity contribution >= 4 is 11.8 Å². The quantitative estimate of drug-likeness (QED) is 0.495. The zero-order valence-corrected chi connectivity index (χ0v) is 18.5. The summed E-state index contributed by atoms with van der Waals surface area (Å²) < 4.78 is 7.03. The van der Waals surface area contributed by atoms with Gasteiger partial charge >= 0.3 is 0 Å². The first-order valence-corrected chi connectivity index (χ1v) is 10.8. The molecule has 0 aliphatic carbocycles. The first-order chi connectivity index (χ1) is 15.5. The molecule has 1 aromatic carbocycles. The molecule has 0 aliphatic heterocycles. The lowest BCUT2D eigenvalue weighted by Crippen LogP contribution is -2.37. The second-order valence-corrected chi connectivity index (χ2v) is 7.74. The number of benzene rings is 1. The third-order valence-corrected chi connectivity index (χ3v) is 5.21. The molecule has 7 nitrogen and oxygen atoms in total. The topological polar surface area (TPSA) is 84.6 Å². The Bertz CT molecular complexity index is 1090. The van der Waals surface area contributed by atoms with Gasteiger partial charge in [0.15, 0.2) is 0 Å². The van der Waals surface area contributed by atoms with E-state index in [1.807, 2.05) is 37.3 Å². The van der Waals surface area contributed by atoms with E-state index in [0.717, 1.165) is 18.4 Å². The number of carbonyl (C=O) groups excluding carboxylic acids is 2. The number of furan rings is 1. The van der Waals surface area contributed by atoms with Crippen molar-refractivity contribution in [3.05, 3.63) is 93.8 Å². The van der Waals surface area contributed by atoms with Gasteiger partial charge in [-0.15, -0.1) is 0 Å². The molecule has 2 aromatic heterocycles. The summed E-state index contributed by atoms with van der Waals surface area (Å²) in [6, 6.07) is 13.4. The lowest BCUT2D eigenvalue weighted by atomic mass is 10.1. The van der Waals surface area contributed by atoms with Crippen molar-refractivity contribution in [3.63, 3.8) is 0 Å². The minimum atomic E-state index is -0.564. The van der Waals surface area contributed by atoms with E-state index in [0.29, 0.717) is 31.8 Å². The Morgan fingerprint density at radius 3 is 2.50 bits per heavy atom. The molecule has 3 aromatic rings. The van der Waals surface area contributed by atoms with Gasteiger partial charge in [0.05, 0.1) is 12.8 Å². The number of likely N-dealkylation sites (N-methyl/N-ethyl adjacent to an activating group) is 1. The predicted octanol–water partition coefficient (Wildman–Crippen LogP) is 3.33. The first kappa shape index (κ1) is 23.1. The minimum absolute atomic E-state index is 0.0322. The summed E-state index contributed by atoms with van der Waals surface area (Å²) in [6.45, 7) is 3.25. The van der Waals surface area contributed by atoms with Crippen molar-refractivity contribution < 1.29 is 14.0 Å². The van der Waals surface area contributed by atoms with Crippen LogP contribution in [0.4, 0.5) is 0 Å². The number of pyridine rings is 1. The van der Waals surface area contributed by atoms with Gasteiger partial charge in [-0.2, -0.15) is 0 Å². The van der Waals surface area contributed by atoms with Gasteiger partial charge in [0, 0.05) is 32.5 Å². The van der Waals surface area contributed by atoms with Crippen LogP contribution in [0.15, 0.2) is 70.3 Å². The molecule has 2 heterocycles. The third kappa shape index (κ3) is 5.97. The van der Waals surface area contributed by atoms with E-state index in [1.54, 1.807) is 30.0 Å². The maximum absolute atomic E-state index is 13.1. The molecule has 2 amide bonds. The molecule has 3 rings (SSSR count). The van der Waals surface area contributed by atoms with Crippen LogP contribution in [0.1, 0.15) is 51.8 Å². The van der Waals surface area contributed by atoms with Crippen LogP contribution < -0.4 is 10.7 Å². The Hall–Kier alpha value is -3.61. The molecule has 0 aliphatic rings. The number of rotatable bonds is 10. The third-order valence-electron chi connectivity index (χ3n) is 5.21. The smallest absolute Gasteiger partial charge is 0.259 e. The Morgan fingerprint density at radius 2 is 1.81 bits per heavy atom. The van der Waals surface area contributed by atoms with Gasteiger partial charge in [-0.3, -0.25) is 14.4 Å². The molecule has 0 saturated heterocycles. The lowest BCUT2D eigenvalue weighted by Gasteiger charge is -2.18. The number of nitrogens with zero attached hydrogens (tertiary/aromatic N) is 2. The minimum Gasteiger partial charge on any atom is -0.467 e. The number of unbranched alkanes of at least 4 members (excludes halogenated alkanes) is 1. The largest absolute Gasteiger partial charge is 0.467 e. The Morgan fingerprint density at radius 1 is 1.06 bits per heavy atom. The van der Waals surface area contributed by atoms with E-state index in [2.05, 4.69) is 5.32 Å².